The molecule has 4 rings (SSSR count). The van der Waals surface area contributed by atoms with Crippen LogP contribution in [0.15, 0.2) is 95.4 Å². The molecule has 0 saturated carbocycles. The first-order valence-corrected chi connectivity index (χ1v) is 13.0. The van der Waals surface area contributed by atoms with Crippen LogP contribution in [0.2, 0.25) is 0 Å². The molecular weight excluding hydrogens is 535 g/mol. The second kappa shape index (κ2) is 13.6. The molecule has 2 amide bonds. The van der Waals surface area contributed by atoms with Crippen LogP contribution in [-0.4, -0.2) is 38.1 Å². The minimum atomic E-state index is -4.51. The highest BCUT2D eigenvalue weighted by Gasteiger charge is 2.31. The Labute approximate surface area is 235 Å². The Morgan fingerprint density at radius 3 is 2.37 bits per heavy atom. The van der Waals surface area contributed by atoms with E-state index in [0.717, 1.165) is 29.1 Å². The van der Waals surface area contributed by atoms with Gasteiger partial charge in [-0.15, -0.1) is 0 Å². The minimum Gasteiger partial charge on any atom is -0.497 e. The highest BCUT2D eigenvalue weighted by Crippen LogP contribution is 2.32. The fraction of sp³-hybridized carbons (Fsp3) is 0.226. The first kappa shape index (κ1) is 29.3. The maximum Gasteiger partial charge on any atom is 0.416 e. The van der Waals surface area contributed by atoms with Crippen molar-refractivity contribution in [3.05, 3.63) is 108 Å². The van der Waals surface area contributed by atoms with E-state index in [4.69, 9.17) is 9.15 Å². The van der Waals surface area contributed by atoms with Crippen molar-refractivity contribution >= 4 is 17.5 Å². The smallest absolute Gasteiger partial charge is 0.416 e. The van der Waals surface area contributed by atoms with E-state index in [-0.39, 0.29) is 23.0 Å². The molecule has 0 aliphatic rings. The second-order valence-corrected chi connectivity index (χ2v) is 9.24. The molecule has 1 heterocycles. The van der Waals surface area contributed by atoms with Gasteiger partial charge in [0, 0.05) is 24.3 Å². The summed E-state index contributed by atoms with van der Waals surface area (Å²) in [4.78, 5) is 26.1. The Balaban J connectivity index is 1.39. The summed E-state index contributed by atoms with van der Waals surface area (Å²) < 4.78 is 50.1. The Bertz CT molecular complexity index is 1440. The van der Waals surface area contributed by atoms with Crippen molar-refractivity contribution in [3.8, 4) is 17.1 Å². The molecule has 41 heavy (non-hydrogen) atoms. The maximum absolute atomic E-state index is 13.1. The molecule has 1 aromatic heterocycles. The molecule has 214 valence electrons. The third-order valence-electron chi connectivity index (χ3n) is 6.33. The summed E-state index contributed by atoms with van der Waals surface area (Å²) in [6.07, 6.45) is -3.64. The number of benzene rings is 3. The van der Waals surface area contributed by atoms with Gasteiger partial charge in [0.25, 0.3) is 5.91 Å². The predicted molar refractivity (Wildman–Crippen MR) is 150 cm³/mol. The number of hydrogen-bond donors (Lipinski definition) is 3. The van der Waals surface area contributed by atoms with E-state index in [2.05, 4.69) is 16.0 Å². The van der Waals surface area contributed by atoms with E-state index in [0.29, 0.717) is 25.9 Å². The van der Waals surface area contributed by atoms with E-state index >= 15 is 0 Å². The van der Waals surface area contributed by atoms with Gasteiger partial charge < -0.3 is 25.1 Å². The largest absolute Gasteiger partial charge is 0.497 e. The third kappa shape index (κ3) is 8.38. The van der Waals surface area contributed by atoms with Gasteiger partial charge in [0.15, 0.2) is 5.76 Å². The number of furan rings is 1. The van der Waals surface area contributed by atoms with Crippen molar-refractivity contribution in [2.75, 3.05) is 25.5 Å². The molecule has 3 aromatic carbocycles. The third-order valence-corrected chi connectivity index (χ3v) is 6.33. The molecule has 0 aliphatic heterocycles. The molecule has 0 unspecified atom stereocenters. The van der Waals surface area contributed by atoms with Gasteiger partial charge in [-0.25, -0.2) is 0 Å². The van der Waals surface area contributed by atoms with Crippen LogP contribution in [-0.2, 0) is 17.4 Å². The highest BCUT2D eigenvalue weighted by atomic mass is 19.4. The van der Waals surface area contributed by atoms with Crippen molar-refractivity contribution in [2.24, 2.45) is 0 Å². The summed E-state index contributed by atoms with van der Waals surface area (Å²) in [6.45, 7) is 0.763. The van der Waals surface area contributed by atoms with Crippen LogP contribution in [0.4, 0.5) is 18.9 Å². The average Bonchev–Trinajstić information content (AvgIpc) is 3.48. The molecule has 0 saturated heterocycles. The number of alkyl halides is 3. The molecule has 7 nitrogen and oxygen atoms in total. The summed E-state index contributed by atoms with van der Waals surface area (Å²) in [6, 6.07) is 23.5. The van der Waals surface area contributed by atoms with Gasteiger partial charge in [0.05, 0.1) is 12.7 Å². The molecular formula is C31H30F3N3O4. The minimum absolute atomic E-state index is 0.108. The number of ether oxygens (including phenoxy) is 1. The Kier molecular flexibility index (Phi) is 9.68. The predicted octanol–water partition coefficient (Wildman–Crippen LogP) is 5.93. The van der Waals surface area contributed by atoms with Crippen LogP contribution in [0, 0.1) is 0 Å². The van der Waals surface area contributed by atoms with Crippen molar-refractivity contribution < 1.29 is 31.9 Å². The maximum atomic E-state index is 13.1. The Morgan fingerprint density at radius 1 is 0.902 bits per heavy atom. The SMILES string of the molecule is COc1ccc(NCCNC(=O)[C@H](CCc2ccccc2)NC(=O)c2ccc(-c3cccc(C(F)(F)F)c3)o2)cc1. The molecule has 0 fully saturated rings. The topological polar surface area (TPSA) is 92.6 Å². The van der Waals surface area contributed by atoms with Gasteiger partial charge in [-0.1, -0.05) is 42.5 Å². The monoisotopic (exact) mass is 565 g/mol. The Morgan fingerprint density at radius 2 is 1.66 bits per heavy atom. The summed E-state index contributed by atoms with van der Waals surface area (Å²) >= 11 is 0. The average molecular weight is 566 g/mol. The summed E-state index contributed by atoms with van der Waals surface area (Å²) in [5.74, 6) is -0.283. The van der Waals surface area contributed by atoms with Crippen LogP contribution in [0.3, 0.4) is 0 Å². The van der Waals surface area contributed by atoms with Crippen LogP contribution in [0.1, 0.15) is 28.1 Å². The number of aryl methyl sites for hydroxylation is 1. The summed E-state index contributed by atoms with van der Waals surface area (Å²) in [7, 11) is 1.59. The van der Waals surface area contributed by atoms with Crippen molar-refractivity contribution in [1.82, 2.24) is 10.6 Å². The lowest BCUT2D eigenvalue weighted by Crippen LogP contribution is -2.47. The molecule has 0 radical (unpaired) electrons. The molecule has 1 atom stereocenters. The molecule has 0 bridgehead atoms. The Hall–Kier alpha value is -4.73. The highest BCUT2D eigenvalue weighted by molar-refractivity contribution is 5.96. The van der Waals surface area contributed by atoms with E-state index in [1.165, 1.54) is 24.3 Å². The number of nitrogens with one attached hydrogen (secondary N) is 3. The normalized spacial score (nSPS) is 11.9. The number of carbonyl (C=O) groups excluding carboxylic acids is 2. The molecule has 3 N–H and O–H groups in total. The molecule has 0 spiro atoms. The second-order valence-electron chi connectivity index (χ2n) is 9.24. The summed E-state index contributed by atoms with van der Waals surface area (Å²) in [5, 5.41) is 8.76. The number of rotatable bonds is 12. The van der Waals surface area contributed by atoms with Gasteiger partial charge in [0.2, 0.25) is 5.91 Å². The number of methoxy groups -OCH3 is 1. The number of halogens is 3. The number of hydrogen-bond acceptors (Lipinski definition) is 5. The van der Waals surface area contributed by atoms with Crippen LogP contribution in [0.5, 0.6) is 5.75 Å². The van der Waals surface area contributed by atoms with Crippen LogP contribution < -0.4 is 20.7 Å². The van der Waals surface area contributed by atoms with Gasteiger partial charge in [0.1, 0.15) is 17.6 Å². The zero-order chi connectivity index (χ0) is 29.2. The van der Waals surface area contributed by atoms with Gasteiger partial charge in [-0.2, -0.15) is 13.2 Å². The lowest BCUT2D eigenvalue weighted by molar-refractivity contribution is -0.137. The fourth-order valence-electron chi connectivity index (χ4n) is 4.14. The number of amides is 2. The van der Waals surface area contributed by atoms with Crippen LogP contribution in [0.25, 0.3) is 11.3 Å². The zero-order valence-corrected chi connectivity index (χ0v) is 22.3. The van der Waals surface area contributed by atoms with Gasteiger partial charge in [-0.05, 0) is 66.9 Å². The molecule has 10 heteroatoms. The van der Waals surface area contributed by atoms with Crippen molar-refractivity contribution in [3.63, 3.8) is 0 Å². The van der Waals surface area contributed by atoms with Gasteiger partial charge >= 0.3 is 6.18 Å². The van der Waals surface area contributed by atoms with Gasteiger partial charge in [-0.3, -0.25) is 9.59 Å². The standard InChI is InChI=1S/C31H30F3N3O4/c1-40-25-13-11-24(12-14-25)35-18-19-36-29(38)26(15-10-21-6-3-2-4-7-21)37-30(39)28-17-16-27(41-28)22-8-5-9-23(20-22)31(32,33)34/h2-9,11-14,16-17,20,26,35H,10,15,18-19H2,1H3,(H,36,38)(H,37,39)/t26-/m0/s1. The van der Waals surface area contributed by atoms with E-state index in [1.54, 1.807) is 7.11 Å². The first-order chi connectivity index (χ1) is 19.7. The van der Waals surface area contributed by atoms with Crippen molar-refractivity contribution in [2.45, 2.75) is 25.1 Å². The lowest BCUT2D eigenvalue weighted by Gasteiger charge is -2.18. The fourth-order valence-corrected chi connectivity index (χ4v) is 4.14. The molecule has 0 aliphatic carbocycles. The van der Waals surface area contributed by atoms with E-state index in [1.807, 2.05) is 54.6 Å². The number of anilines is 1. The zero-order valence-electron chi connectivity index (χ0n) is 22.3. The quantitative estimate of drug-likeness (QED) is 0.185. The van der Waals surface area contributed by atoms with E-state index in [9.17, 15) is 22.8 Å². The van der Waals surface area contributed by atoms with E-state index < -0.39 is 23.7 Å². The molecule has 4 aromatic rings. The van der Waals surface area contributed by atoms with Crippen LogP contribution >= 0.6 is 0 Å². The van der Waals surface area contributed by atoms with Crippen molar-refractivity contribution in [1.29, 1.82) is 0 Å². The summed E-state index contributed by atoms with van der Waals surface area (Å²) in [5.41, 5.74) is 1.23. The first-order valence-electron chi connectivity index (χ1n) is 13.0. The lowest BCUT2D eigenvalue weighted by atomic mass is 10.0. The number of carbonyl (C=O) groups is 2.